The highest BCUT2D eigenvalue weighted by atomic mass is 16.5. The summed E-state index contributed by atoms with van der Waals surface area (Å²) in [5.41, 5.74) is 3.59. The lowest BCUT2D eigenvalue weighted by molar-refractivity contribution is -0.123. The van der Waals surface area contributed by atoms with Crippen LogP contribution in [0.4, 0.5) is 5.69 Å². The first-order valence-electron chi connectivity index (χ1n) is 10.1. The van der Waals surface area contributed by atoms with Crippen molar-refractivity contribution in [2.45, 2.75) is 32.5 Å². The first-order valence-corrected chi connectivity index (χ1v) is 10.1. The summed E-state index contributed by atoms with van der Waals surface area (Å²) < 4.78 is 10.5. The number of fused-ring (bicyclic) bond motifs is 1. The van der Waals surface area contributed by atoms with Crippen LogP contribution in [0.1, 0.15) is 17.0 Å². The summed E-state index contributed by atoms with van der Waals surface area (Å²) in [7, 11) is 1.55. The molecule has 1 aromatic heterocycles. The lowest BCUT2D eigenvalue weighted by Crippen LogP contribution is -2.39. The highest BCUT2D eigenvalue weighted by Gasteiger charge is 2.55. The van der Waals surface area contributed by atoms with Crippen LogP contribution in [0.2, 0.25) is 0 Å². The van der Waals surface area contributed by atoms with E-state index < -0.39 is 23.9 Å². The topological polar surface area (TPSA) is 113 Å². The van der Waals surface area contributed by atoms with Crippen molar-refractivity contribution in [2.24, 2.45) is 10.3 Å². The minimum atomic E-state index is -0.897. The lowest BCUT2D eigenvalue weighted by atomic mass is 10.1. The van der Waals surface area contributed by atoms with Gasteiger partial charge in [0.2, 0.25) is 11.7 Å². The molecule has 2 atom stereocenters. The number of hydrogen-bond acceptors (Lipinski definition) is 9. The average Bonchev–Trinajstić information content (AvgIpc) is 3.49. The molecule has 2 aliphatic heterocycles. The Morgan fingerprint density at radius 2 is 1.81 bits per heavy atom. The number of rotatable bonds is 5. The second kappa shape index (κ2) is 7.56. The number of hydrogen-bond donors (Lipinski definition) is 0. The van der Waals surface area contributed by atoms with Crippen molar-refractivity contribution in [3.8, 4) is 17.1 Å². The molecular formula is C22H20N6O4. The molecule has 2 aromatic carbocycles. The molecule has 10 heteroatoms. The zero-order valence-corrected chi connectivity index (χ0v) is 17.7. The monoisotopic (exact) mass is 432 g/mol. The molecule has 1 fully saturated rings. The SMILES string of the molecule is COc1ccc(N2C(=O)[C@H]3N=NN(Cc4nc(-c5ccc(C)c(C)c5)no4)[C@H]3C2=O)cc1. The lowest BCUT2D eigenvalue weighted by Gasteiger charge is -2.19. The van der Waals surface area contributed by atoms with Gasteiger partial charge in [-0.2, -0.15) is 10.1 Å². The molecule has 3 heterocycles. The van der Waals surface area contributed by atoms with Crippen molar-refractivity contribution in [3.63, 3.8) is 0 Å². The summed E-state index contributed by atoms with van der Waals surface area (Å²) in [6.45, 7) is 4.12. The van der Waals surface area contributed by atoms with E-state index in [1.54, 1.807) is 31.4 Å². The summed E-state index contributed by atoms with van der Waals surface area (Å²) >= 11 is 0. The van der Waals surface area contributed by atoms with Crippen LogP contribution in [0.3, 0.4) is 0 Å². The molecule has 0 radical (unpaired) electrons. The zero-order valence-electron chi connectivity index (χ0n) is 17.7. The highest BCUT2D eigenvalue weighted by molar-refractivity contribution is 6.25. The van der Waals surface area contributed by atoms with Crippen molar-refractivity contribution < 1.29 is 18.8 Å². The number of anilines is 1. The maximum Gasteiger partial charge on any atom is 0.263 e. The quantitative estimate of drug-likeness (QED) is 0.570. The van der Waals surface area contributed by atoms with Gasteiger partial charge in [-0.05, 0) is 55.3 Å². The van der Waals surface area contributed by atoms with Crippen LogP contribution < -0.4 is 9.64 Å². The van der Waals surface area contributed by atoms with E-state index in [0.29, 0.717) is 17.3 Å². The van der Waals surface area contributed by atoms with E-state index in [1.165, 1.54) is 10.6 Å². The Morgan fingerprint density at radius 3 is 2.53 bits per heavy atom. The molecule has 0 N–H and O–H groups in total. The molecule has 1 saturated heterocycles. The first-order chi connectivity index (χ1) is 15.5. The van der Waals surface area contributed by atoms with Crippen LogP contribution in [-0.4, -0.2) is 46.2 Å². The van der Waals surface area contributed by atoms with Crippen LogP contribution in [-0.2, 0) is 16.1 Å². The van der Waals surface area contributed by atoms with Crippen LogP contribution >= 0.6 is 0 Å². The molecule has 3 aromatic rings. The molecule has 0 bridgehead atoms. The predicted molar refractivity (Wildman–Crippen MR) is 113 cm³/mol. The van der Waals surface area contributed by atoms with E-state index in [2.05, 4.69) is 20.5 Å². The second-order valence-electron chi connectivity index (χ2n) is 7.71. The van der Waals surface area contributed by atoms with E-state index in [1.807, 2.05) is 32.0 Å². The van der Waals surface area contributed by atoms with Crippen LogP contribution in [0.15, 0.2) is 57.3 Å². The first kappa shape index (κ1) is 19.9. The molecule has 0 spiro atoms. The van der Waals surface area contributed by atoms with E-state index in [9.17, 15) is 9.59 Å². The number of aromatic nitrogens is 2. The van der Waals surface area contributed by atoms with E-state index in [-0.39, 0.29) is 12.4 Å². The highest BCUT2D eigenvalue weighted by Crippen LogP contribution is 2.33. The molecule has 2 aliphatic rings. The molecule has 2 amide bonds. The molecule has 32 heavy (non-hydrogen) atoms. The molecule has 5 rings (SSSR count). The zero-order chi connectivity index (χ0) is 22.4. The Bertz CT molecular complexity index is 1240. The number of nitrogens with zero attached hydrogens (tertiary/aromatic N) is 6. The number of methoxy groups -OCH3 is 1. The summed E-state index contributed by atoms with van der Waals surface area (Å²) in [4.78, 5) is 31.5. The molecule has 0 unspecified atom stereocenters. The minimum absolute atomic E-state index is 0.0674. The van der Waals surface area contributed by atoms with Crippen LogP contribution in [0, 0.1) is 13.8 Å². The van der Waals surface area contributed by atoms with Gasteiger partial charge in [-0.15, -0.1) is 0 Å². The molecule has 0 aliphatic carbocycles. The number of amides is 2. The van der Waals surface area contributed by atoms with Gasteiger partial charge in [-0.25, -0.2) is 4.90 Å². The van der Waals surface area contributed by atoms with E-state index in [4.69, 9.17) is 9.26 Å². The Labute approximate surface area is 183 Å². The third-order valence-corrected chi connectivity index (χ3v) is 5.72. The third-order valence-electron chi connectivity index (χ3n) is 5.72. The average molecular weight is 432 g/mol. The van der Waals surface area contributed by atoms with Crippen molar-refractivity contribution in [1.29, 1.82) is 0 Å². The second-order valence-corrected chi connectivity index (χ2v) is 7.71. The maximum atomic E-state index is 13.1. The van der Waals surface area contributed by atoms with Crippen LogP contribution in [0.5, 0.6) is 5.75 Å². The van der Waals surface area contributed by atoms with Gasteiger partial charge in [0.15, 0.2) is 12.1 Å². The van der Waals surface area contributed by atoms with Crippen molar-refractivity contribution in [2.75, 3.05) is 12.0 Å². The summed E-state index contributed by atoms with van der Waals surface area (Å²) in [6.07, 6.45) is 0. The number of aryl methyl sites for hydroxylation is 2. The normalized spacial score (nSPS) is 19.7. The predicted octanol–water partition coefficient (Wildman–Crippen LogP) is 2.86. The van der Waals surface area contributed by atoms with Crippen LogP contribution in [0.25, 0.3) is 11.4 Å². The minimum Gasteiger partial charge on any atom is -0.497 e. The summed E-state index contributed by atoms with van der Waals surface area (Å²) in [6, 6.07) is 10.9. The Hall–Kier alpha value is -4.08. The number of ether oxygens (including phenoxy) is 1. The summed E-state index contributed by atoms with van der Waals surface area (Å²) in [5, 5.41) is 13.5. The smallest absolute Gasteiger partial charge is 0.263 e. The van der Waals surface area contributed by atoms with Gasteiger partial charge in [0.25, 0.3) is 11.8 Å². The Kier molecular flexibility index (Phi) is 4.69. The van der Waals surface area contributed by atoms with Gasteiger partial charge in [0.05, 0.1) is 12.8 Å². The molecular weight excluding hydrogens is 412 g/mol. The number of imide groups is 1. The number of carbonyl (C=O) groups is 2. The fourth-order valence-corrected chi connectivity index (χ4v) is 3.80. The van der Waals surface area contributed by atoms with Crippen molar-refractivity contribution in [1.82, 2.24) is 15.1 Å². The number of carbonyl (C=O) groups excluding carboxylic acids is 2. The van der Waals surface area contributed by atoms with E-state index in [0.717, 1.165) is 16.0 Å². The summed E-state index contributed by atoms with van der Waals surface area (Å²) in [5.74, 6) is 0.539. The largest absolute Gasteiger partial charge is 0.497 e. The van der Waals surface area contributed by atoms with Gasteiger partial charge in [0, 0.05) is 5.56 Å². The van der Waals surface area contributed by atoms with Gasteiger partial charge >= 0.3 is 0 Å². The molecule has 10 nitrogen and oxygen atoms in total. The standard InChI is InChI=1S/C22H20N6O4/c1-12-4-5-14(10-13(12)2)20-23-17(32-25-20)11-27-19-18(24-26-27)21(29)28(22(19)30)15-6-8-16(31-3)9-7-15/h4-10,18-19H,11H2,1-3H3/t18-,19+/m0/s1. The van der Waals surface area contributed by atoms with Gasteiger partial charge < -0.3 is 9.26 Å². The third kappa shape index (κ3) is 3.20. The van der Waals surface area contributed by atoms with Gasteiger partial charge in [-0.3, -0.25) is 14.6 Å². The van der Waals surface area contributed by atoms with Crippen molar-refractivity contribution in [3.05, 3.63) is 59.5 Å². The maximum absolute atomic E-state index is 13.1. The fourth-order valence-electron chi connectivity index (χ4n) is 3.80. The molecule has 162 valence electrons. The number of benzene rings is 2. The van der Waals surface area contributed by atoms with Gasteiger partial charge in [-0.1, -0.05) is 22.5 Å². The van der Waals surface area contributed by atoms with Crippen molar-refractivity contribution >= 4 is 17.5 Å². The van der Waals surface area contributed by atoms with Gasteiger partial charge in [0.1, 0.15) is 12.3 Å². The molecule has 0 saturated carbocycles. The Morgan fingerprint density at radius 1 is 1.03 bits per heavy atom. The fraction of sp³-hybridized carbons (Fsp3) is 0.273. The van der Waals surface area contributed by atoms with E-state index >= 15 is 0 Å². The Balaban J connectivity index is 1.35.